The average molecular weight is 382 g/mol. The summed E-state index contributed by atoms with van der Waals surface area (Å²) in [4.78, 5) is 24.2. The minimum atomic E-state index is -0.657. The molecule has 6 heteroatoms. The highest BCUT2D eigenvalue weighted by molar-refractivity contribution is 7.99. The molecule has 0 amide bonds. The van der Waals surface area contributed by atoms with Crippen LogP contribution in [0.25, 0.3) is 0 Å². The Hall–Kier alpha value is -2.99. The highest BCUT2D eigenvalue weighted by atomic mass is 32.2. The molecule has 0 aliphatic rings. The van der Waals surface area contributed by atoms with E-state index >= 15 is 0 Å². The van der Waals surface area contributed by atoms with E-state index in [1.807, 2.05) is 36.4 Å². The molecular weight excluding hydrogens is 364 g/mol. The van der Waals surface area contributed by atoms with E-state index in [-0.39, 0.29) is 22.8 Å². The summed E-state index contributed by atoms with van der Waals surface area (Å²) in [5, 5.41) is 10.1. The lowest BCUT2D eigenvalue weighted by Crippen LogP contribution is -2.13. The third kappa shape index (κ3) is 5.49. The second-order valence-electron chi connectivity index (χ2n) is 5.76. The number of aromatic hydroxyl groups is 1. The maximum Gasteiger partial charge on any atom is 0.353 e. The van der Waals surface area contributed by atoms with Crippen molar-refractivity contribution in [3.63, 3.8) is 0 Å². The van der Waals surface area contributed by atoms with E-state index in [2.05, 4.69) is 0 Å². The molecule has 0 spiro atoms. The highest BCUT2D eigenvalue weighted by Gasteiger charge is 2.15. The number of thioether (sulfide) groups is 1. The molecule has 3 aromatic rings. The number of hydrogen-bond acceptors (Lipinski definition) is 6. The van der Waals surface area contributed by atoms with Crippen molar-refractivity contribution in [1.29, 1.82) is 0 Å². The Balaban J connectivity index is 1.60. The van der Waals surface area contributed by atoms with E-state index in [0.29, 0.717) is 11.5 Å². The Morgan fingerprint density at radius 3 is 2.37 bits per heavy atom. The first-order valence-corrected chi connectivity index (χ1v) is 9.39. The van der Waals surface area contributed by atoms with Crippen LogP contribution in [0.15, 0.2) is 80.8 Å². The van der Waals surface area contributed by atoms with Gasteiger partial charge in [0.2, 0.25) is 0 Å². The van der Waals surface area contributed by atoms with E-state index in [1.165, 1.54) is 17.8 Å². The third-order valence-electron chi connectivity index (χ3n) is 3.71. The number of benzene rings is 2. The normalized spacial score (nSPS) is 10.5. The van der Waals surface area contributed by atoms with E-state index < -0.39 is 11.6 Å². The lowest BCUT2D eigenvalue weighted by molar-refractivity contribution is -0.133. The van der Waals surface area contributed by atoms with Gasteiger partial charge in [-0.2, -0.15) is 0 Å². The molecule has 0 saturated carbocycles. The van der Waals surface area contributed by atoms with Gasteiger partial charge in [0, 0.05) is 11.8 Å². The number of carbonyl (C=O) groups is 1. The minimum Gasteiger partial charge on any atom is -0.506 e. The molecule has 2 aromatic carbocycles. The van der Waals surface area contributed by atoms with Crippen LogP contribution >= 0.6 is 11.8 Å². The molecule has 0 aliphatic heterocycles. The molecule has 0 saturated heterocycles. The van der Waals surface area contributed by atoms with Gasteiger partial charge in [-0.25, -0.2) is 4.79 Å². The number of carbonyl (C=O) groups excluding carboxylic acids is 1. The molecule has 0 radical (unpaired) electrons. The second kappa shape index (κ2) is 9.09. The first kappa shape index (κ1) is 18.8. The number of aryl methyl sites for hydroxylation is 1. The van der Waals surface area contributed by atoms with Gasteiger partial charge < -0.3 is 14.3 Å². The van der Waals surface area contributed by atoms with Crippen LogP contribution in [-0.2, 0) is 17.6 Å². The molecule has 0 fully saturated rings. The maximum absolute atomic E-state index is 12.1. The van der Waals surface area contributed by atoms with Gasteiger partial charge in [0.25, 0.3) is 0 Å². The van der Waals surface area contributed by atoms with E-state index in [0.717, 1.165) is 12.0 Å². The summed E-state index contributed by atoms with van der Waals surface area (Å²) < 4.78 is 10.3. The van der Waals surface area contributed by atoms with Crippen molar-refractivity contribution in [2.75, 3.05) is 5.75 Å². The highest BCUT2D eigenvalue weighted by Crippen LogP contribution is 2.26. The second-order valence-corrected chi connectivity index (χ2v) is 6.87. The molecule has 0 atom stereocenters. The van der Waals surface area contributed by atoms with Gasteiger partial charge in [0.05, 0.1) is 0 Å². The summed E-state index contributed by atoms with van der Waals surface area (Å²) in [5.41, 5.74) is 0.490. The van der Waals surface area contributed by atoms with Crippen LogP contribution in [0.5, 0.6) is 11.5 Å². The molecule has 3 rings (SSSR count). The maximum atomic E-state index is 12.1. The fourth-order valence-corrected chi connectivity index (χ4v) is 3.36. The summed E-state index contributed by atoms with van der Waals surface area (Å²) in [5.74, 6) is 0.325. The number of para-hydroxylation sites is 1. The van der Waals surface area contributed by atoms with Gasteiger partial charge in [0.1, 0.15) is 28.6 Å². The Kier molecular flexibility index (Phi) is 6.33. The van der Waals surface area contributed by atoms with Gasteiger partial charge >= 0.3 is 11.6 Å². The summed E-state index contributed by atoms with van der Waals surface area (Å²) in [6.45, 7) is 0. The van der Waals surface area contributed by atoms with Crippen LogP contribution in [0.4, 0.5) is 0 Å². The summed E-state index contributed by atoms with van der Waals surface area (Å²) in [7, 11) is 0. The van der Waals surface area contributed by atoms with Crippen molar-refractivity contribution >= 4 is 17.7 Å². The molecule has 1 aromatic heterocycles. The molecule has 0 bridgehead atoms. The average Bonchev–Trinajstić information content (AvgIpc) is 2.65. The van der Waals surface area contributed by atoms with Crippen molar-refractivity contribution in [2.45, 2.75) is 17.7 Å². The standard InChI is InChI=1S/C21H18O5S/c22-18-13-17(14-19(23)25-16-9-5-2-6-10-16)26-21(24)20(18)27-12-11-15-7-3-1-4-8-15/h1-10,13,22H,11-12,14H2. The zero-order valence-corrected chi connectivity index (χ0v) is 15.3. The van der Waals surface area contributed by atoms with Crippen LogP contribution in [0.3, 0.4) is 0 Å². The van der Waals surface area contributed by atoms with Crippen molar-refractivity contribution in [3.8, 4) is 11.5 Å². The predicted octanol–water partition coefficient (Wildman–Crippen LogP) is 3.83. The summed E-state index contributed by atoms with van der Waals surface area (Å²) >= 11 is 1.23. The van der Waals surface area contributed by atoms with Gasteiger partial charge in [0.15, 0.2) is 0 Å². The smallest absolute Gasteiger partial charge is 0.353 e. The van der Waals surface area contributed by atoms with Crippen LogP contribution in [0.1, 0.15) is 11.3 Å². The molecule has 5 nitrogen and oxygen atoms in total. The summed E-state index contributed by atoms with van der Waals surface area (Å²) in [6.07, 6.45) is 0.516. The fourth-order valence-electron chi connectivity index (χ4n) is 2.45. The largest absolute Gasteiger partial charge is 0.506 e. The quantitative estimate of drug-likeness (QED) is 0.380. The number of rotatable bonds is 7. The van der Waals surface area contributed by atoms with Crippen molar-refractivity contribution in [3.05, 3.63) is 88.5 Å². The number of esters is 1. The Labute approximate surface area is 160 Å². The lowest BCUT2D eigenvalue weighted by atomic mass is 10.2. The minimum absolute atomic E-state index is 0.0610. The number of hydrogen-bond donors (Lipinski definition) is 1. The van der Waals surface area contributed by atoms with E-state index in [1.54, 1.807) is 24.3 Å². The van der Waals surface area contributed by atoms with Crippen LogP contribution < -0.4 is 10.4 Å². The van der Waals surface area contributed by atoms with Crippen molar-refractivity contribution < 1.29 is 19.1 Å². The predicted molar refractivity (Wildman–Crippen MR) is 103 cm³/mol. The van der Waals surface area contributed by atoms with Crippen LogP contribution in [0.2, 0.25) is 0 Å². The van der Waals surface area contributed by atoms with Gasteiger partial charge in [-0.15, -0.1) is 11.8 Å². The zero-order chi connectivity index (χ0) is 19.1. The summed E-state index contributed by atoms with van der Waals surface area (Å²) in [6, 6.07) is 19.8. The Morgan fingerprint density at radius 2 is 1.70 bits per heavy atom. The van der Waals surface area contributed by atoms with E-state index in [4.69, 9.17) is 9.15 Å². The molecule has 0 unspecified atom stereocenters. The lowest BCUT2D eigenvalue weighted by Gasteiger charge is -2.06. The topological polar surface area (TPSA) is 76.7 Å². The van der Waals surface area contributed by atoms with Gasteiger partial charge in [-0.05, 0) is 24.1 Å². The Bertz CT molecular complexity index is 951. The molecule has 0 aliphatic carbocycles. The molecular formula is C21H18O5S. The van der Waals surface area contributed by atoms with E-state index in [9.17, 15) is 14.7 Å². The van der Waals surface area contributed by atoms with Crippen LogP contribution in [-0.4, -0.2) is 16.8 Å². The van der Waals surface area contributed by atoms with Crippen molar-refractivity contribution in [1.82, 2.24) is 0 Å². The first-order chi connectivity index (χ1) is 13.1. The first-order valence-electron chi connectivity index (χ1n) is 8.40. The molecule has 1 heterocycles. The third-order valence-corrected chi connectivity index (χ3v) is 4.79. The monoisotopic (exact) mass is 382 g/mol. The van der Waals surface area contributed by atoms with Crippen molar-refractivity contribution in [2.24, 2.45) is 0 Å². The Morgan fingerprint density at radius 1 is 1.04 bits per heavy atom. The fraction of sp³-hybridized carbons (Fsp3) is 0.143. The van der Waals surface area contributed by atoms with Gasteiger partial charge in [-0.1, -0.05) is 48.5 Å². The SMILES string of the molecule is O=C(Cc1cc(O)c(SCCc2ccccc2)c(=O)o1)Oc1ccccc1. The zero-order valence-electron chi connectivity index (χ0n) is 14.5. The number of ether oxygens (including phenoxy) is 1. The molecule has 27 heavy (non-hydrogen) atoms. The van der Waals surface area contributed by atoms with Gasteiger partial charge in [-0.3, -0.25) is 4.79 Å². The van der Waals surface area contributed by atoms with Crippen LogP contribution in [0, 0.1) is 0 Å². The molecule has 1 N–H and O–H groups in total. The molecule has 138 valence electrons.